The van der Waals surface area contributed by atoms with Gasteiger partial charge in [-0.25, -0.2) is 0 Å². The van der Waals surface area contributed by atoms with E-state index in [2.05, 4.69) is 15.9 Å². The molecule has 0 radical (unpaired) electrons. The van der Waals surface area contributed by atoms with Gasteiger partial charge >= 0.3 is 0 Å². The molecule has 0 aromatic heterocycles. The van der Waals surface area contributed by atoms with Crippen molar-refractivity contribution >= 4 is 15.9 Å². The maximum absolute atomic E-state index is 5.51. The van der Waals surface area contributed by atoms with Gasteiger partial charge < -0.3 is 9.47 Å². The first-order chi connectivity index (χ1) is 5.88. The van der Waals surface area contributed by atoms with Gasteiger partial charge in [0, 0.05) is 6.42 Å². The van der Waals surface area contributed by atoms with Crippen molar-refractivity contribution in [2.45, 2.75) is 6.42 Å². The highest BCUT2D eigenvalue weighted by Gasteiger charge is 2.11. The number of hydrogen-bond acceptors (Lipinski definition) is 2. The van der Waals surface area contributed by atoms with E-state index < -0.39 is 0 Å². The van der Waals surface area contributed by atoms with Gasteiger partial charge in [-0.05, 0) is 28.1 Å². The van der Waals surface area contributed by atoms with Crippen LogP contribution in [0.2, 0.25) is 0 Å². The van der Waals surface area contributed by atoms with Gasteiger partial charge in [0.05, 0.1) is 17.7 Å². The van der Waals surface area contributed by atoms with Crippen LogP contribution in [0.15, 0.2) is 22.7 Å². The average molecular weight is 229 g/mol. The van der Waals surface area contributed by atoms with Crippen molar-refractivity contribution in [1.82, 2.24) is 0 Å². The fraction of sp³-hybridized carbons (Fsp3) is 0.333. The van der Waals surface area contributed by atoms with Crippen LogP contribution in [0.4, 0.5) is 0 Å². The molecule has 1 aromatic carbocycles. The van der Waals surface area contributed by atoms with Crippen molar-refractivity contribution < 1.29 is 9.47 Å². The smallest absolute Gasteiger partial charge is 0.175 e. The molecule has 3 heteroatoms. The average Bonchev–Trinajstić information content (AvgIpc) is 2.30. The van der Waals surface area contributed by atoms with E-state index in [0.717, 1.165) is 35.6 Å². The fourth-order valence-electron chi connectivity index (χ4n) is 1.16. The van der Waals surface area contributed by atoms with Crippen molar-refractivity contribution in [3.8, 4) is 11.5 Å². The van der Waals surface area contributed by atoms with E-state index in [1.54, 1.807) is 0 Å². The van der Waals surface area contributed by atoms with E-state index in [0.29, 0.717) is 0 Å². The molecule has 1 aliphatic rings. The molecule has 2 rings (SSSR count). The Hall–Kier alpha value is -0.700. The van der Waals surface area contributed by atoms with Crippen molar-refractivity contribution in [1.29, 1.82) is 0 Å². The second kappa shape index (κ2) is 3.35. The van der Waals surface area contributed by atoms with Crippen LogP contribution in [0, 0.1) is 0 Å². The Morgan fingerprint density at radius 1 is 1.17 bits per heavy atom. The first kappa shape index (κ1) is 7.92. The van der Waals surface area contributed by atoms with Crippen LogP contribution in [-0.4, -0.2) is 13.2 Å². The van der Waals surface area contributed by atoms with Crippen LogP contribution in [0.5, 0.6) is 11.5 Å². The number of benzene rings is 1. The normalized spacial score (nSPS) is 15.4. The summed E-state index contributed by atoms with van der Waals surface area (Å²) in [7, 11) is 0. The Balaban J connectivity index is 2.42. The second-order valence-corrected chi connectivity index (χ2v) is 3.47. The second-order valence-electron chi connectivity index (χ2n) is 2.62. The fourth-order valence-corrected chi connectivity index (χ4v) is 1.62. The lowest BCUT2D eigenvalue weighted by Gasteiger charge is -2.07. The van der Waals surface area contributed by atoms with Crippen LogP contribution in [0.1, 0.15) is 6.42 Å². The molecule has 64 valence electrons. The molecule has 0 atom stereocenters. The summed E-state index contributed by atoms with van der Waals surface area (Å²) in [6.45, 7) is 1.47. The molecule has 0 aliphatic carbocycles. The first-order valence-electron chi connectivity index (χ1n) is 3.92. The van der Waals surface area contributed by atoms with Crippen LogP contribution in [0.25, 0.3) is 0 Å². The molecule has 1 aromatic rings. The minimum Gasteiger partial charge on any atom is -0.490 e. The summed E-state index contributed by atoms with van der Waals surface area (Å²) in [6.07, 6.45) is 0.946. The zero-order chi connectivity index (χ0) is 8.39. The summed E-state index contributed by atoms with van der Waals surface area (Å²) in [5, 5.41) is 0. The zero-order valence-electron chi connectivity index (χ0n) is 6.55. The highest BCUT2D eigenvalue weighted by molar-refractivity contribution is 9.10. The van der Waals surface area contributed by atoms with Crippen LogP contribution in [0.3, 0.4) is 0 Å². The lowest BCUT2D eigenvalue weighted by Crippen LogP contribution is -1.97. The Morgan fingerprint density at radius 2 is 2.00 bits per heavy atom. The van der Waals surface area contributed by atoms with Crippen molar-refractivity contribution in [2.75, 3.05) is 13.2 Å². The summed E-state index contributed by atoms with van der Waals surface area (Å²) < 4.78 is 11.9. The molecule has 2 nitrogen and oxygen atoms in total. The van der Waals surface area contributed by atoms with E-state index in [4.69, 9.17) is 9.47 Å². The van der Waals surface area contributed by atoms with Gasteiger partial charge in [0.15, 0.2) is 11.5 Å². The molecular formula is C9H9BrO2. The van der Waals surface area contributed by atoms with Gasteiger partial charge in [-0.1, -0.05) is 6.07 Å². The summed E-state index contributed by atoms with van der Waals surface area (Å²) in [5.74, 6) is 1.66. The van der Waals surface area contributed by atoms with Gasteiger partial charge in [-0.2, -0.15) is 0 Å². The number of para-hydroxylation sites is 1. The molecule has 0 fully saturated rings. The molecule has 0 saturated heterocycles. The Bertz CT molecular complexity index is 286. The number of ether oxygens (including phenoxy) is 2. The van der Waals surface area contributed by atoms with E-state index in [9.17, 15) is 0 Å². The predicted octanol–water partition coefficient (Wildman–Crippen LogP) is 2.61. The molecular weight excluding hydrogens is 220 g/mol. The predicted molar refractivity (Wildman–Crippen MR) is 49.7 cm³/mol. The molecule has 0 spiro atoms. The number of rotatable bonds is 0. The third-order valence-electron chi connectivity index (χ3n) is 1.72. The summed E-state index contributed by atoms with van der Waals surface area (Å²) in [6, 6.07) is 5.82. The Kier molecular flexibility index (Phi) is 2.21. The van der Waals surface area contributed by atoms with E-state index >= 15 is 0 Å². The lowest BCUT2D eigenvalue weighted by atomic mass is 10.3. The van der Waals surface area contributed by atoms with Crippen LogP contribution >= 0.6 is 15.9 Å². The van der Waals surface area contributed by atoms with Gasteiger partial charge in [0.1, 0.15) is 0 Å². The summed E-state index contributed by atoms with van der Waals surface area (Å²) in [5.41, 5.74) is 0. The van der Waals surface area contributed by atoms with Crippen molar-refractivity contribution in [3.63, 3.8) is 0 Å². The molecule has 0 saturated carbocycles. The number of fused-ring (bicyclic) bond motifs is 1. The highest BCUT2D eigenvalue weighted by atomic mass is 79.9. The topological polar surface area (TPSA) is 18.5 Å². The summed E-state index contributed by atoms with van der Waals surface area (Å²) in [4.78, 5) is 0. The monoisotopic (exact) mass is 228 g/mol. The maximum atomic E-state index is 5.51. The Morgan fingerprint density at radius 3 is 2.92 bits per heavy atom. The van der Waals surface area contributed by atoms with Crippen LogP contribution in [-0.2, 0) is 0 Å². The van der Waals surface area contributed by atoms with Gasteiger partial charge in [0.25, 0.3) is 0 Å². The third kappa shape index (κ3) is 1.41. The van der Waals surface area contributed by atoms with E-state index in [1.807, 2.05) is 18.2 Å². The van der Waals surface area contributed by atoms with E-state index in [1.165, 1.54) is 0 Å². The molecule has 0 bridgehead atoms. The van der Waals surface area contributed by atoms with Gasteiger partial charge in [-0.15, -0.1) is 0 Å². The number of halogens is 1. The minimum atomic E-state index is 0.732. The molecule has 0 unspecified atom stereocenters. The molecule has 1 heterocycles. The Labute approximate surface area is 79.6 Å². The SMILES string of the molecule is Brc1cccc2c1OCCCO2. The molecule has 0 amide bonds. The third-order valence-corrected chi connectivity index (χ3v) is 2.35. The van der Waals surface area contributed by atoms with Gasteiger partial charge in [-0.3, -0.25) is 0 Å². The van der Waals surface area contributed by atoms with Crippen molar-refractivity contribution in [2.24, 2.45) is 0 Å². The molecule has 12 heavy (non-hydrogen) atoms. The molecule has 1 aliphatic heterocycles. The first-order valence-corrected chi connectivity index (χ1v) is 4.71. The number of hydrogen-bond donors (Lipinski definition) is 0. The zero-order valence-corrected chi connectivity index (χ0v) is 8.13. The highest BCUT2D eigenvalue weighted by Crippen LogP contribution is 2.36. The van der Waals surface area contributed by atoms with E-state index in [-0.39, 0.29) is 0 Å². The van der Waals surface area contributed by atoms with Gasteiger partial charge in [0.2, 0.25) is 0 Å². The van der Waals surface area contributed by atoms with Crippen LogP contribution < -0.4 is 9.47 Å². The quantitative estimate of drug-likeness (QED) is 0.680. The summed E-state index contributed by atoms with van der Waals surface area (Å²) >= 11 is 3.41. The maximum Gasteiger partial charge on any atom is 0.175 e. The lowest BCUT2D eigenvalue weighted by molar-refractivity contribution is 0.296. The minimum absolute atomic E-state index is 0.732. The standard InChI is InChI=1S/C9H9BrO2/c10-7-3-1-4-8-9(7)12-6-2-5-11-8/h1,3-4H,2,5-6H2. The molecule has 0 N–H and O–H groups in total. The van der Waals surface area contributed by atoms with Crippen molar-refractivity contribution in [3.05, 3.63) is 22.7 Å². The largest absolute Gasteiger partial charge is 0.490 e.